The number of aryl methyl sites for hydroxylation is 2. The molecule has 4 nitrogen and oxygen atoms in total. The summed E-state index contributed by atoms with van der Waals surface area (Å²) in [6, 6.07) is 0.662. The maximum Gasteiger partial charge on any atom is 0.147 e. The van der Waals surface area contributed by atoms with Gasteiger partial charge in [-0.3, -0.25) is 4.98 Å². The summed E-state index contributed by atoms with van der Waals surface area (Å²) in [6.45, 7) is 11.9. The minimum absolute atomic E-state index is 0.662. The Morgan fingerprint density at radius 3 is 2.89 bits per heavy atom. The molecular formula is C14H24N4. The molecule has 1 saturated heterocycles. The van der Waals surface area contributed by atoms with E-state index in [2.05, 4.69) is 34.0 Å². The van der Waals surface area contributed by atoms with Gasteiger partial charge in [0.2, 0.25) is 0 Å². The second kappa shape index (κ2) is 5.65. The Morgan fingerprint density at radius 1 is 1.44 bits per heavy atom. The average molecular weight is 248 g/mol. The molecule has 100 valence electrons. The summed E-state index contributed by atoms with van der Waals surface area (Å²) < 4.78 is 0. The first-order valence-corrected chi connectivity index (χ1v) is 6.84. The Hall–Kier alpha value is -1.16. The lowest BCUT2D eigenvalue weighted by atomic mass is 10.1. The van der Waals surface area contributed by atoms with Crippen LogP contribution in [0.5, 0.6) is 0 Å². The molecule has 1 atom stereocenters. The van der Waals surface area contributed by atoms with Crippen LogP contribution in [0.4, 0.5) is 5.82 Å². The van der Waals surface area contributed by atoms with E-state index in [0.717, 1.165) is 29.7 Å². The molecule has 0 radical (unpaired) electrons. The number of rotatable bonds is 4. The summed E-state index contributed by atoms with van der Waals surface area (Å²) in [7, 11) is 0. The van der Waals surface area contributed by atoms with Crippen molar-refractivity contribution in [1.82, 2.24) is 14.9 Å². The maximum atomic E-state index is 4.50. The normalized spacial score (nSPS) is 20.6. The zero-order valence-corrected chi connectivity index (χ0v) is 11.9. The van der Waals surface area contributed by atoms with Gasteiger partial charge in [0.25, 0.3) is 0 Å². The second-order valence-electron chi connectivity index (χ2n) is 5.57. The number of anilines is 1. The SMILES string of the molecule is Cc1cnc(C)c(NCC2CCN(C(C)C)C2)n1. The van der Waals surface area contributed by atoms with E-state index in [9.17, 15) is 0 Å². The molecule has 1 aliphatic heterocycles. The van der Waals surface area contributed by atoms with Crippen molar-refractivity contribution in [2.75, 3.05) is 25.0 Å². The molecule has 0 spiro atoms. The molecular weight excluding hydrogens is 224 g/mol. The number of hydrogen-bond donors (Lipinski definition) is 1. The molecule has 0 saturated carbocycles. The van der Waals surface area contributed by atoms with E-state index in [4.69, 9.17) is 0 Å². The third kappa shape index (κ3) is 3.19. The summed E-state index contributed by atoms with van der Waals surface area (Å²) in [5.74, 6) is 1.67. The van der Waals surface area contributed by atoms with E-state index in [1.165, 1.54) is 19.5 Å². The van der Waals surface area contributed by atoms with Gasteiger partial charge in [-0.1, -0.05) is 0 Å². The highest BCUT2D eigenvalue weighted by Gasteiger charge is 2.23. The van der Waals surface area contributed by atoms with Crippen molar-refractivity contribution in [1.29, 1.82) is 0 Å². The molecule has 1 N–H and O–H groups in total. The quantitative estimate of drug-likeness (QED) is 0.887. The Kier molecular flexibility index (Phi) is 4.17. The highest BCUT2D eigenvalue weighted by molar-refractivity contribution is 5.39. The van der Waals surface area contributed by atoms with Gasteiger partial charge in [-0.2, -0.15) is 0 Å². The van der Waals surface area contributed by atoms with Gasteiger partial charge in [0.1, 0.15) is 5.82 Å². The van der Waals surface area contributed by atoms with Crippen molar-refractivity contribution < 1.29 is 0 Å². The molecule has 1 aliphatic rings. The third-order valence-electron chi connectivity index (χ3n) is 3.68. The first kappa shape index (κ1) is 13.3. The predicted octanol–water partition coefficient (Wildman–Crippen LogP) is 2.24. The zero-order valence-electron chi connectivity index (χ0n) is 11.9. The smallest absolute Gasteiger partial charge is 0.147 e. The Balaban J connectivity index is 1.87. The summed E-state index contributed by atoms with van der Waals surface area (Å²) in [5, 5.41) is 3.45. The topological polar surface area (TPSA) is 41.1 Å². The zero-order chi connectivity index (χ0) is 13.1. The van der Waals surface area contributed by atoms with E-state index in [0.29, 0.717) is 6.04 Å². The van der Waals surface area contributed by atoms with Gasteiger partial charge >= 0.3 is 0 Å². The van der Waals surface area contributed by atoms with E-state index >= 15 is 0 Å². The molecule has 0 bridgehead atoms. The molecule has 1 fully saturated rings. The molecule has 0 aliphatic carbocycles. The minimum Gasteiger partial charge on any atom is -0.368 e. The van der Waals surface area contributed by atoms with Crippen LogP contribution in [0.1, 0.15) is 31.7 Å². The number of aromatic nitrogens is 2. The van der Waals surface area contributed by atoms with Crippen LogP contribution in [0.2, 0.25) is 0 Å². The number of hydrogen-bond acceptors (Lipinski definition) is 4. The second-order valence-corrected chi connectivity index (χ2v) is 5.57. The van der Waals surface area contributed by atoms with Gasteiger partial charge in [0.05, 0.1) is 11.4 Å². The van der Waals surface area contributed by atoms with Crippen LogP contribution in [0, 0.1) is 19.8 Å². The van der Waals surface area contributed by atoms with Gasteiger partial charge in [0, 0.05) is 25.3 Å². The lowest BCUT2D eigenvalue weighted by molar-refractivity contribution is 0.266. The molecule has 1 unspecified atom stereocenters. The molecule has 0 amide bonds. The van der Waals surface area contributed by atoms with Gasteiger partial charge < -0.3 is 10.2 Å². The Labute approximate surface area is 110 Å². The number of nitrogens with zero attached hydrogens (tertiary/aromatic N) is 3. The largest absolute Gasteiger partial charge is 0.368 e. The number of likely N-dealkylation sites (tertiary alicyclic amines) is 1. The lowest BCUT2D eigenvalue weighted by Crippen LogP contribution is -2.29. The summed E-state index contributed by atoms with van der Waals surface area (Å²) >= 11 is 0. The highest BCUT2D eigenvalue weighted by Crippen LogP contribution is 2.19. The molecule has 18 heavy (non-hydrogen) atoms. The minimum atomic E-state index is 0.662. The van der Waals surface area contributed by atoms with Crippen LogP contribution in [0.3, 0.4) is 0 Å². The fraction of sp³-hybridized carbons (Fsp3) is 0.714. The van der Waals surface area contributed by atoms with Crippen LogP contribution >= 0.6 is 0 Å². The molecule has 4 heteroatoms. The van der Waals surface area contributed by atoms with Crippen molar-refractivity contribution in [2.45, 2.75) is 40.2 Å². The maximum absolute atomic E-state index is 4.50. The van der Waals surface area contributed by atoms with Crippen molar-refractivity contribution >= 4 is 5.82 Å². The third-order valence-corrected chi connectivity index (χ3v) is 3.68. The van der Waals surface area contributed by atoms with Crippen LogP contribution in [0.15, 0.2) is 6.20 Å². The molecule has 1 aromatic rings. The lowest BCUT2D eigenvalue weighted by Gasteiger charge is -2.20. The first-order chi connectivity index (χ1) is 8.56. The van der Waals surface area contributed by atoms with E-state index in [1.807, 2.05) is 20.0 Å². The van der Waals surface area contributed by atoms with Gasteiger partial charge in [-0.25, -0.2) is 4.98 Å². The monoisotopic (exact) mass is 248 g/mol. The fourth-order valence-electron chi connectivity index (χ4n) is 2.44. The van der Waals surface area contributed by atoms with Crippen molar-refractivity contribution in [3.63, 3.8) is 0 Å². The van der Waals surface area contributed by atoms with Gasteiger partial charge in [0.15, 0.2) is 0 Å². The van der Waals surface area contributed by atoms with Crippen molar-refractivity contribution in [3.05, 3.63) is 17.6 Å². The van der Waals surface area contributed by atoms with Crippen LogP contribution in [-0.2, 0) is 0 Å². The Bertz CT molecular complexity index is 403. The van der Waals surface area contributed by atoms with Crippen LogP contribution in [-0.4, -0.2) is 40.5 Å². The van der Waals surface area contributed by atoms with Gasteiger partial charge in [-0.15, -0.1) is 0 Å². The molecule has 1 aromatic heterocycles. The summed E-state index contributed by atoms with van der Waals surface area (Å²) in [5.41, 5.74) is 1.96. The molecule has 2 rings (SSSR count). The predicted molar refractivity (Wildman–Crippen MR) is 74.8 cm³/mol. The van der Waals surface area contributed by atoms with E-state index in [-0.39, 0.29) is 0 Å². The molecule has 2 heterocycles. The van der Waals surface area contributed by atoms with Crippen molar-refractivity contribution in [2.24, 2.45) is 5.92 Å². The summed E-state index contributed by atoms with van der Waals surface area (Å²) in [6.07, 6.45) is 3.10. The Morgan fingerprint density at radius 2 is 2.22 bits per heavy atom. The molecule has 0 aromatic carbocycles. The van der Waals surface area contributed by atoms with Crippen LogP contribution < -0.4 is 5.32 Å². The van der Waals surface area contributed by atoms with Crippen molar-refractivity contribution in [3.8, 4) is 0 Å². The number of nitrogens with one attached hydrogen (secondary N) is 1. The van der Waals surface area contributed by atoms with Gasteiger partial charge in [-0.05, 0) is 46.6 Å². The fourth-order valence-corrected chi connectivity index (χ4v) is 2.44. The van der Waals surface area contributed by atoms with E-state index < -0.39 is 0 Å². The standard InChI is InChI=1S/C14H24N4/c1-10(2)18-6-5-13(9-18)8-16-14-12(4)15-7-11(3)17-14/h7,10,13H,5-6,8-9H2,1-4H3,(H,16,17). The van der Waals surface area contributed by atoms with E-state index in [1.54, 1.807) is 0 Å². The first-order valence-electron chi connectivity index (χ1n) is 6.84. The van der Waals surface area contributed by atoms with Crippen LogP contribution in [0.25, 0.3) is 0 Å². The highest BCUT2D eigenvalue weighted by atomic mass is 15.2. The average Bonchev–Trinajstić information content (AvgIpc) is 2.79. The summed E-state index contributed by atoms with van der Waals surface area (Å²) in [4.78, 5) is 11.4.